The molecule has 0 aliphatic carbocycles. The Hall–Kier alpha value is -3.45. The molecule has 0 spiro atoms. The van der Waals surface area contributed by atoms with Crippen LogP contribution < -0.4 is 4.90 Å². The van der Waals surface area contributed by atoms with Crippen molar-refractivity contribution < 1.29 is 0 Å². The zero-order chi connectivity index (χ0) is 24.5. The summed E-state index contributed by atoms with van der Waals surface area (Å²) in [6, 6.07) is 26.0. The van der Waals surface area contributed by atoms with E-state index in [0.717, 1.165) is 66.8 Å². The fourth-order valence-corrected chi connectivity index (χ4v) is 5.08. The molecule has 0 amide bonds. The van der Waals surface area contributed by atoms with E-state index in [2.05, 4.69) is 50.1 Å². The molecule has 180 valence electrons. The molecule has 1 aliphatic rings. The van der Waals surface area contributed by atoms with Crippen LogP contribution in [0, 0.1) is 0 Å². The molecule has 6 nitrogen and oxygen atoms in total. The van der Waals surface area contributed by atoms with E-state index in [1.54, 1.807) is 6.33 Å². The van der Waals surface area contributed by atoms with Gasteiger partial charge in [-0.25, -0.2) is 15.0 Å². The lowest BCUT2D eigenvalue weighted by Gasteiger charge is -2.35. The molecule has 1 saturated heterocycles. The molecule has 1 aliphatic heterocycles. The largest absolute Gasteiger partial charge is 0.352 e. The molecule has 36 heavy (non-hydrogen) atoms. The fourth-order valence-electron chi connectivity index (χ4n) is 4.73. The van der Waals surface area contributed by atoms with Crippen LogP contribution in [-0.4, -0.2) is 50.6 Å². The summed E-state index contributed by atoms with van der Waals surface area (Å²) in [6.07, 6.45) is 1.62. The van der Waals surface area contributed by atoms with Gasteiger partial charge in [0.15, 0.2) is 17.0 Å². The van der Waals surface area contributed by atoms with E-state index >= 15 is 0 Å². The maximum Gasteiger partial charge on any atom is 0.170 e. The molecule has 0 radical (unpaired) electrons. The predicted octanol–water partition coefficient (Wildman–Crippen LogP) is 6.11. The number of rotatable bonds is 5. The lowest BCUT2D eigenvalue weighted by molar-refractivity contribution is 0.249. The van der Waals surface area contributed by atoms with Crippen LogP contribution in [0.2, 0.25) is 10.0 Å². The summed E-state index contributed by atoms with van der Waals surface area (Å²) < 4.78 is 2.03. The minimum Gasteiger partial charge on any atom is -0.352 e. The van der Waals surface area contributed by atoms with Crippen LogP contribution in [0.4, 0.5) is 5.82 Å². The zero-order valence-electron chi connectivity index (χ0n) is 19.6. The lowest BCUT2D eigenvalue weighted by atomic mass is 10.2. The Kier molecular flexibility index (Phi) is 6.32. The van der Waals surface area contributed by atoms with Gasteiger partial charge in [-0.05, 0) is 42.0 Å². The number of aromatic nitrogens is 4. The molecular weight excluding hydrogens is 491 g/mol. The van der Waals surface area contributed by atoms with E-state index in [9.17, 15) is 0 Å². The summed E-state index contributed by atoms with van der Waals surface area (Å²) >= 11 is 12.8. The highest BCUT2D eigenvalue weighted by Crippen LogP contribution is 2.35. The van der Waals surface area contributed by atoms with Gasteiger partial charge in [-0.1, -0.05) is 65.7 Å². The average Bonchev–Trinajstić information content (AvgIpc) is 3.30. The highest BCUT2D eigenvalue weighted by atomic mass is 35.5. The molecule has 3 heterocycles. The first-order valence-electron chi connectivity index (χ1n) is 11.9. The second kappa shape index (κ2) is 9.90. The number of imidazole rings is 1. The molecule has 5 aromatic rings. The first-order chi connectivity index (χ1) is 17.7. The van der Waals surface area contributed by atoms with E-state index in [0.29, 0.717) is 10.0 Å². The van der Waals surface area contributed by atoms with Gasteiger partial charge in [0.1, 0.15) is 12.2 Å². The van der Waals surface area contributed by atoms with Crippen LogP contribution in [0.15, 0.2) is 85.2 Å². The van der Waals surface area contributed by atoms with Crippen LogP contribution in [0.25, 0.3) is 28.2 Å². The zero-order valence-corrected chi connectivity index (χ0v) is 21.1. The molecule has 8 heteroatoms. The Balaban J connectivity index is 1.38. The summed E-state index contributed by atoms with van der Waals surface area (Å²) in [7, 11) is 0. The molecule has 0 N–H and O–H groups in total. The van der Waals surface area contributed by atoms with E-state index < -0.39 is 0 Å². The van der Waals surface area contributed by atoms with Crippen molar-refractivity contribution in [3.63, 3.8) is 0 Å². The second-order valence-electron chi connectivity index (χ2n) is 8.85. The summed E-state index contributed by atoms with van der Waals surface area (Å²) in [5, 5.41) is 1.30. The van der Waals surface area contributed by atoms with Crippen molar-refractivity contribution in [1.82, 2.24) is 24.4 Å². The van der Waals surface area contributed by atoms with Crippen molar-refractivity contribution in [2.75, 3.05) is 31.1 Å². The fraction of sp³-hybridized carbons (Fsp3) is 0.179. The van der Waals surface area contributed by atoms with Gasteiger partial charge in [-0.3, -0.25) is 9.47 Å². The summed E-state index contributed by atoms with van der Waals surface area (Å²) in [4.78, 5) is 19.2. The Morgan fingerprint density at radius 1 is 0.750 bits per heavy atom. The number of halogens is 2. The Morgan fingerprint density at radius 3 is 2.22 bits per heavy atom. The topological polar surface area (TPSA) is 50.1 Å². The molecule has 0 bridgehead atoms. The van der Waals surface area contributed by atoms with Gasteiger partial charge in [-0.15, -0.1) is 0 Å². The van der Waals surface area contributed by atoms with Gasteiger partial charge in [0.05, 0.1) is 5.02 Å². The van der Waals surface area contributed by atoms with Crippen molar-refractivity contribution >= 4 is 40.2 Å². The van der Waals surface area contributed by atoms with Crippen LogP contribution in [-0.2, 0) is 6.54 Å². The van der Waals surface area contributed by atoms with E-state index in [4.69, 9.17) is 28.2 Å². The number of anilines is 1. The SMILES string of the molecule is Clc1ccc(-n2c(-c3ccccc3Cl)nc3c(N4CCN(Cc5ccccc5)CC4)ncnc32)cc1. The average molecular weight is 515 g/mol. The summed E-state index contributed by atoms with van der Waals surface area (Å²) in [5.74, 6) is 1.57. The summed E-state index contributed by atoms with van der Waals surface area (Å²) in [6.45, 7) is 4.60. The minimum absolute atomic E-state index is 0.632. The maximum atomic E-state index is 6.62. The van der Waals surface area contributed by atoms with Crippen molar-refractivity contribution in [2.24, 2.45) is 0 Å². The van der Waals surface area contributed by atoms with Gasteiger partial charge in [0.25, 0.3) is 0 Å². The smallest absolute Gasteiger partial charge is 0.170 e. The van der Waals surface area contributed by atoms with Crippen molar-refractivity contribution in [3.8, 4) is 17.1 Å². The monoisotopic (exact) mass is 514 g/mol. The normalized spacial score (nSPS) is 14.4. The van der Waals surface area contributed by atoms with Crippen molar-refractivity contribution in [3.05, 3.63) is 101 Å². The van der Waals surface area contributed by atoms with Gasteiger partial charge in [0, 0.05) is 49.0 Å². The molecular formula is C28H24Cl2N6. The first-order valence-corrected chi connectivity index (χ1v) is 12.7. The molecule has 6 rings (SSSR count). The number of hydrogen-bond acceptors (Lipinski definition) is 5. The second-order valence-corrected chi connectivity index (χ2v) is 9.69. The molecule has 3 aromatic carbocycles. The van der Waals surface area contributed by atoms with Gasteiger partial charge < -0.3 is 4.90 Å². The third-order valence-corrected chi connectivity index (χ3v) is 7.13. The number of piperazine rings is 1. The third-order valence-electron chi connectivity index (χ3n) is 6.55. The highest BCUT2D eigenvalue weighted by Gasteiger charge is 2.25. The first kappa shape index (κ1) is 23.0. The minimum atomic E-state index is 0.632. The van der Waals surface area contributed by atoms with Gasteiger partial charge in [0.2, 0.25) is 0 Å². The van der Waals surface area contributed by atoms with Crippen LogP contribution in [0.3, 0.4) is 0 Å². The van der Waals surface area contributed by atoms with Crippen molar-refractivity contribution in [2.45, 2.75) is 6.54 Å². The van der Waals surface area contributed by atoms with Crippen LogP contribution in [0.1, 0.15) is 5.56 Å². The van der Waals surface area contributed by atoms with Gasteiger partial charge >= 0.3 is 0 Å². The van der Waals surface area contributed by atoms with Gasteiger partial charge in [-0.2, -0.15) is 0 Å². The Bertz CT molecular complexity index is 1490. The number of hydrogen-bond donors (Lipinski definition) is 0. The molecule has 1 fully saturated rings. The van der Waals surface area contributed by atoms with Crippen molar-refractivity contribution in [1.29, 1.82) is 0 Å². The molecule has 0 saturated carbocycles. The lowest BCUT2D eigenvalue weighted by Crippen LogP contribution is -2.46. The highest BCUT2D eigenvalue weighted by molar-refractivity contribution is 6.33. The van der Waals surface area contributed by atoms with E-state index in [-0.39, 0.29) is 0 Å². The summed E-state index contributed by atoms with van der Waals surface area (Å²) in [5.41, 5.74) is 4.59. The Labute approximate surface area is 219 Å². The maximum absolute atomic E-state index is 6.62. The molecule has 0 unspecified atom stereocenters. The quantitative estimate of drug-likeness (QED) is 0.283. The van der Waals surface area contributed by atoms with Crippen LogP contribution >= 0.6 is 23.2 Å². The van der Waals surface area contributed by atoms with Crippen LogP contribution in [0.5, 0.6) is 0 Å². The van der Waals surface area contributed by atoms with E-state index in [1.807, 2.05) is 53.1 Å². The Morgan fingerprint density at radius 2 is 1.47 bits per heavy atom. The predicted molar refractivity (Wildman–Crippen MR) is 146 cm³/mol. The number of benzene rings is 3. The molecule has 2 aromatic heterocycles. The standard InChI is InChI=1S/C28H24Cl2N6/c29-21-10-12-22(13-11-21)36-26(23-8-4-5-9-24(23)30)33-25-27(31-19-32-28(25)36)35-16-14-34(15-17-35)18-20-6-2-1-3-7-20/h1-13,19H,14-18H2. The third kappa shape index (κ3) is 4.44. The molecule has 0 atom stereocenters. The van der Waals surface area contributed by atoms with E-state index in [1.165, 1.54) is 5.56 Å². The number of nitrogens with zero attached hydrogens (tertiary/aromatic N) is 6. The number of fused-ring (bicyclic) bond motifs is 1.